The molecule has 0 saturated carbocycles. The molecule has 1 aromatic heterocycles. The van der Waals surface area contributed by atoms with Crippen LogP contribution in [0.25, 0.3) is 0 Å². The second kappa shape index (κ2) is 6.56. The average Bonchev–Trinajstić information content (AvgIpc) is 3.15. The van der Waals surface area contributed by atoms with Crippen molar-refractivity contribution in [2.45, 2.75) is 38.5 Å². The van der Waals surface area contributed by atoms with Crippen molar-refractivity contribution >= 4 is 23.4 Å². The number of nitrogens with zero attached hydrogens (tertiary/aromatic N) is 2. The van der Waals surface area contributed by atoms with Gasteiger partial charge in [0.05, 0.1) is 25.1 Å². The molecular weight excluding hydrogens is 354 g/mol. The SMILES string of the molecule is COC(=O)[C@@H]1N[C@H](c2cccs2)[C@H](C#N)C12CN(C(=O)OC(C)(C)C)C2. The standard InChI is InChI=1S/C18H23N3O4S/c1-17(2,3)25-16(23)21-9-18(10-21)11(8-19)13(12-6-5-7-26-12)20-14(18)15(22)24-4/h5-7,11,13-14,20H,9-10H2,1-4H3/t11-,13-,14-/m0/s1. The van der Waals surface area contributed by atoms with Crippen LogP contribution in [0, 0.1) is 22.7 Å². The van der Waals surface area contributed by atoms with Crippen LogP contribution in [0.3, 0.4) is 0 Å². The number of hydrogen-bond donors (Lipinski definition) is 1. The molecule has 8 heteroatoms. The molecule has 0 aliphatic carbocycles. The Morgan fingerprint density at radius 2 is 2.12 bits per heavy atom. The molecule has 0 bridgehead atoms. The van der Waals surface area contributed by atoms with Gasteiger partial charge in [-0.1, -0.05) is 6.07 Å². The van der Waals surface area contributed by atoms with Gasteiger partial charge < -0.3 is 14.4 Å². The van der Waals surface area contributed by atoms with Crippen molar-refractivity contribution in [3.63, 3.8) is 0 Å². The molecule has 0 unspecified atom stereocenters. The predicted octanol–water partition coefficient (Wildman–Crippen LogP) is 2.31. The highest BCUT2D eigenvalue weighted by Crippen LogP contribution is 2.52. The second-order valence-corrected chi connectivity index (χ2v) is 8.77. The number of esters is 1. The maximum absolute atomic E-state index is 12.4. The van der Waals surface area contributed by atoms with E-state index in [0.29, 0.717) is 0 Å². The molecule has 2 fully saturated rings. The lowest BCUT2D eigenvalue weighted by Gasteiger charge is -2.51. The van der Waals surface area contributed by atoms with E-state index in [4.69, 9.17) is 9.47 Å². The third-order valence-electron chi connectivity index (χ3n) is 4.92. The van der Waals surface area contributed by atoms with E-state index in [9.17, 15) is 14.9 Å². The maximum atomic E-state index is 12.4. The summed E-state index contributed by atoms with van der Waals surface area (Å²) in [6, 6.07) is 5.34. The molecule has 1 amide bonds. The van der Waals surface area contributed by atoms with Gasteiger partial charge in [0.15, 0.2) is 0 Å². The molecule has 26 heavy (non-hydrogen) atoms. The Kier molecular flexibility index (Phi) is 4.71. The zero-order valence-corrected chi connectivity index (χ0v) is 16.1. The van der Waals surface area contributed by atoms with Crippen LogP contribution in [0.1, 0.15) is 31.7 Å². The fourth-order valence-corrected chi connectivity index (χ4v) is 4.61. The Morgan fingerprint density at radius 3 is 2.62 bits per heavy atom. The minimum atomic E-state index is -0.673. The number of nitrogens with one attached hydrogen (secondary N) is 1. The zero-order chi connectivity index (χ0) is 19.1. The molecule has 0 aromatic carbocycles. The van der Waals surface area contributed by atoms with E-state index in [1.807, 2.05) is 17.5 Å². The van der Waals surface area contributed by atoms with Crippen molar-refractivity contribution in [2.24, 2.45) is 11.3 Å². The van der Waals surface area contributed by atoms with Crippen molar-refractivity contribution in [3.05, 3.63) is 22.4 Å². The summed E-state index contributed by atoms with van der Waals surface area (Å²) in [6.07, 6.45) is -0.428. The Balaban J connectivity index is 1.85. The average molecular weight is 377 g/mol. The number of methoxy groups -OCH3 is 1. The van der Waals surface area contributed by atoms with Gasteiger partial charge >= 0.3 is 12.1 Å². The van der Waals surface area contributed by atoms with E-state index >= 15 is 0 Å². The van der Waals surface area contributed by atoms with Crippen LogP contribution in [-0.2, 0) is 14.3 Å². The predicted molar refractivity (Wildman–Crippen MR) is 95.3 cm³/mol. The highest BCUT2D eigenvalue weighted by molar-refractivity contribution is 7.10. The first-order chi connectivity index (χ1) is 12.2. The van der Waals surface area contributed by atoms with Crippen LogP contribution < -0.4 is 5.32 Å². The number of likely N-dealkylation sites (tertiary alicyclic amines) is 1. The zero-order valence-electron chi connectivity index (χ0n) is 15.3. The summed E-state index contributed by atoms with van der Waals surface area (Å²) >= 11 is 1.54. The Hall–Kier alpha value is -2.11. The molecule has 3 atom stereocenters. The van der Waals surface area contributed by atoms with E-state index < -0.39 is 35.0 Å². The lowest BCUT2D eigenvalue weighted by molar-refractivity contribution is -0.150. The Morgan fingerprint density at radius 1 is 1.42 bits per heavy atom. The minimum absolute atomic E-state index is 0.259. The smallest absolute Gasteiger partial charge is 0.410 e. The van der Waals surface area contributed by atoms with Crippen LogP contribution in [0.15, 0.2) is 17.5 Å². The van der Waals surface area contributed by atoms with Gasteiger partial charge in [-0.2, -0.15) is 5.26 Å². The molecule has 0 radical (unpaired) electrons. The summed E-state index contributed by atoms with van der Waals surface area (Å²) < 4.78 is 10.4. The van der Waals surface area contributed by atoms with Crippen molar-refractivity contribution < 1.29 is 19.1 Å². The van der Waals surface area contributed by atoms with E-state index in [2.05, 4.69) is 11.4 Å². The highest BCUT2D eigenvalue weighted by atomic mass is 32.1. The van der Waals surface area contributed by atoms with Crippen LogP contribution >= 0.6 is 11.3 Å². The summed E-state index contributed by atoms with van der Waals surface area (Å²) in [5.41, 5.74) is -1.27. The first-order valence-electron chi connectivity index (χ1n) is 8.46. The fraction of sp³-hybridized carbons (Fsp3) is 0.611. The molecule has 1 spiro atoms. The summed E-state index contributed by atoms with van der Waals surface area (Å²) in [5, 5.41) is 15.1. The van der Waals surface area contributed by atoms with Gasteiger partial charge in [0.25, 0.3) is 0 Å². The maximum Gasteiger partial charge on any atom is 0.410 e. The Bertz CT molecular complexity index is 729. The number of rotatable bonds is 2. The fourth-order valence-electron chi connectivity index (χ4n) is 3.79. The molecule has 1 N–H and O–H groups in total. The summed E-state index contributed by atoms with van der Waals surface area (Å²) in [7, 11) is 1.34. The summed E-state index contributed by atoms with van der Waals surface area (Å²) in [4.78, 5) is 27.2. The number of carbonyl (C=O) groups excluding carboxylic acids is 2. The highest BCUT2D eigenvalue weighted by Gasteiger charge is 2.65. The Labute approximate surface area is 156 Å². The van der Waals surface area contributed by atoms with Gasteiger partial charge in [-0.25, -0.2) is 4.79 Å². The quantitative estimate of drug-likeness (QED) is 0.795. The third-order valence-corrected chi connectivity index (χ3v) is 5.88. The third kappa shape index (κ3) is 3.06. The van der Waals surface area contributed by atoms with E-state index in [1.54, 1.807) is 25.7 Å². The summed E-state index contributed by atoms with van der Waals surface area (Å²) in [5.74, 6) is -0.850. The first kappa shape index (κ1) is 18.7. The second-order valence-electron chi connectivity index (χ2n) is 7.79. The molecular formula is C18H23N3O4S. The van der Waals surface area contributed by atoms with Gasteiger partial charge in [-0.3, -0.25) is 10.1 Å². The van der Waals surface area contributed by atoms with Crippen molar-refractivity contribution in [3.8, 4) is 6.07 Å². The van der Waals surface area contributed by atoms with E-state index in [-0.39, 0.29) is 19.1 Å². The molecule has 3 rings (SSSR count). The van der Waals surface area contributed by atoms with Gasteiger partial charge in [-0.15, -0.1) is 11.3 Å². The van der Waals surface area contributed by atoms with Crippen molar-refractivity contribution in [1.29, 1.82) is 5.26 Å². The van der Waals surface area contributed by atoms with E-state index in [0.717, 1.165) is 4.88 Å². The molecule has 7 nitrogen and oxygen atoms in total. The van der Waals surface area contributed by atoms with Crippen LogP contribution in [0.4, 0.5) is 4.79 Å². The summed E-state index contributed by atoms with van der Waals surface area (Å²) in [6.45, 7) is 5.99. The topological polar surface area (TPSA) is 91.7 Å². The largest absolute Gasteiger partial charge is 0.468 e. The van der Waals surface area contributed by atoms with E-state index in [1.165, 1.54) is 18.4 Å². The van der Waals surface area contributed by atoms with Gasteiger partial charge in [-0.05, 0) is 32.2 Å². The number of amides is 1. The molecule has 1 aromatic rings. The van der Waals surface area contributed by atoms with Crippen LogP contribution in [-0.4, -0.2) is 48.8 Å². The molecule has 140 valence electrons. The van der Waals surface area contributed by atoms with Gasteiger partial charge in [0, 0.05) is 23.4 Å². The number of nitriles is 1. The molecule has 2 aliphatic heterocycles. The lowest BCUT2D eigenvalue weighted by Crippen LogP contribution is -2.67. The number of thiophene rings is 1. The number of carbonyl (C=O) groups is 2. The van der Waals surface area contributed by atoms with Gasteiger partial charge in [0.2, 0.25) is 0 Å². The number of hydrogen-bond acceptors (Lipinski definition) is 7. The molecule has 2 aliphatic rings. The van der Waals surface area contributed by atoms with Gasteiger partial charge in [0.1, 0.15) is 11.6 Å². The van der Waals surface area contributed by atoms with Crippen LogP contribution in [0.2, 0.25) is 0 Å². The van der Waals surface area contributed by atoms with Crippen LogP contribution in [0.5, 0.6) is 0 Å². The molecule has 2 saturated heterocycles. The lowest BCUT2D eigenvalue weighted by atomic mass is 9.66. The minimum Gasteiger partial charge on any atom is -0.468 e. The first-order valence-corrected chi connectivity index (χ1v) is 9.34. The monoisotopic (exact) mass is 377 g/mol. The van der Waals surface area contributed by atoms with Crippen molar-refractivity contribution in [2.75, 3.05) is 20.2 Å². The van der Waals surface area contributed by atoms with Crippen molar-refractivity contribution in [1.82, 2.24) is 10.2 Å². The molecule has 3 heterocycles. The number of ether oxygens (including phenoxy) is 2. The normalized spacial score (nSPS) is 26.9.